The predicted molar refractivity (Wildman–Crippen MR) is 101 cm³/mol. The Balaban J connectivity index is 1.54. The summed E-state index contributed by atoms with van der Waals surface area (Å²) in [4.78, 5) is 35.9. The van der Waals surface area contributed by atoms with Crippen LogP contribution in [0, 0.1) is 13.8 Å². The molecular weight excluding hydrogens is 336 g/mol. The molecule has 1 aliphatic rings. The van der Waals surface area contributed by atoms with Crippen molar-refractivity contribution >= 4 is 27.5 Å². The Morgan fingerprint density at radius 1 is 1.24 bits per heavy atom. The van der Waals surface area contributed by atoms with E-state index in [1.807, 2.05) is 13.8 Å². The van der Waals surface area contributed by atoms with E-state index in [1.165, 1.54) is 25.7 Å². The van der Waals surface area contributed by atoms with Crippen molar-refractivity contribution in [1.29, 1.82) is 0 Å². The normalized spacial score (nSPS) is 16.1. The van der Waals surface area contributed by atoms with Crippen molar-refractivity contribution in [3.63, 3.8) is 0 Å². The van der Waals surface area contributed by atoms with Crippen molar-refractivity contribution < 1.29 is 4.79 Å². The number of H-pyrrole nitrogens is 1. The van der Waals surface area contributed by atoms with Gasteiger partial charge in [-0.1, -0.05) is 12.8 Å². The van der Waals surface area contributed by atoms with Crippen LogP contribution in [0.2, 0.25) is 0 Å². The van der Waals surface area contributed by atoms with Crippen LogP contribution < -0.4 is 10.9 Å². The van der Waals surface area contributed by atoms with Gasteiger partial charge < -0.3 is 10.3 Å². The number of nitrogens with one attached hydrogen (secondary N) is 2. The lowest BCUT2D eigenvalue weighted by molar-refractivity contribution is -0.122. The molecule has 2 aromatic heterocycles. The van der Waals surface area contributed by atoms with Crippen LogP contribution in [0.25, 0.3) is 10.2 Å². The van der Waals surface area contributed by atoms with Crippen molar-refractivity contribution in [2.45, 2.75) is 46.0 Å². The van der Waals surface area contributed by atoms with E-state index in [1.54, 1.807) is 11.3 Å². The highest BCUT2D eigenvalue weighted by Crippen LogP contribution is 2.25. The Bertz CT molecular complexity index is 803. The molecule has 136 valence electrons. The van der Waals surface area contributed by atoms with Gasteiger partial charge in [-0.15, -0.1) is 11.3 Å². The first-order valence-corrected chi connectivity index (χ1v) is 9.84. The second-order valence-electron chi connectivity index (χ2n) is 6.77. The van der Waals surface area contributed by atoms with E-state index in [2.05, 4.69) is 20.2 Å². The number of carbonyl (C=O) groups is 1. The summed E-state index contributed by atoms with van der Waals surface area (Å²) in [6.07, 6.45) is 5.42. The topological polar surface area (TPSA) is 78.1 Å². The van der Waals surface area contributed by atoms with E-state index in [9.17, 15) is 9.59 Å². The zero-order valence-electron chi connectivity index (χ0n) is 15.0. The van der Waals surface area contributed by atoms with Crippen LogP contribution in [0.3, 0.4) is 0 Å². The first-order chi connectivity index (χ1) is 12.0. The number of nitrogens with zero attached hydrogens (tertiary/aromatic N) is 2. The van der Waals surface area contributed by atoms with Crippen LogP contribution in [0.4, 0.5) is 0 Å². The molecule has 0 aliphatic carbocycles. The number of hydrogen-bond donors (Lipinski definition) is 2. The Morgan fingerprint density at radius 3 is 2.68 bits per heavy atom. The minimum absolute atomic E-state index is 0.0492. The summed E-state index contributed by atoms with van der Waals surface area (Å²) in [6, 6.07) is 0. The van der Waals surface area contributed by atoms with Gasteiger partial charge in [0.2, 0.25) is 5.91 Å². The fourth-order valence-corrected chi connectivity index (χ4v) is 4.34. The second-order valence-corrected chi connectivity index (χ2v) is 7.97. The molecule has 2 aromatic rings. The highest BCUT2D eigenvalue weighted by molar-refractivity contribution is 7.18. The van der Waals surface area contributed by atoms with Crippen LogP contribution >= 0.6 is 11.3 Å². The summed E-state index contributed by atoms with van der Waals surface area (Å²) in [5.74, 6) is 0.682. The van der Waals surface area contributed by atoms with Gasteiger partial charge in [0.15, 0.2) is 0 Å². The molecular formula is C18H26N4O2S. The maximum Gasteiger partial charge on any atom is 0.259 e. The molecule has 1 fully saturated rings. The standard InChI is InChI=1S/C18H26N4O2S/c1-12-13(2)25-18-16(12)17(24)20-14(21-18)7-8-19-15(23)11-22-9-5-3-4-6-10-22/h3-11H2,1-2H3,(H,19,23)(H,20,21,24). The van der Waals surface area contributed by atoms with Gasteiger partial charge >= 0.3 is 0 Å². The third kappa shape index (κ3) is 4.46. The summed E-state index contributed by atoms with van der Waals surface area (Å²) >= 11 is 1.55. The molecule has 3 heterocycles. The maximum atomic E-state index is 12.2. The monoisotopic (exact) mass is 362 g/mol. The van der Waals surface area contributed by atoms with Gasteiger partial charge in [-0.3, -0.25) is 14.5 Å². The summed E-state index contributed by atoms with van der Waals surface area (Å²) in [6.45, 7) is 6.93. The van der Waals surface area contributed by atoms with Gasteiger partial charge in [0.1, 0.15) is 10.7 Å². The number of carbonyl (C=O) groups excluding carboxylic acids is 1. The zero-order chi connectivity index (χ0) is 17.8. The molecule has 25 heavy (non-hydrogen) atoms. The molecule has 3 rings (SSSR count). The van der Waals surface area contributed by atoms with Crippen molar-refractivity contribution in [1.82, 2.24) is 20.2 Å². The smallest absolute Gasteiger partial charge is 0.259 e. The first-order valence-electron chi connectivity index (χ1n) is 9.02. The number of fused-ring (bicyclic) bond motifs is 1. The van der Waals surface area contributed by atoms with Crippen LogP contribution in [0.5, 0.6) is 0 Å². The highest BCUT2D eigenvalue weighted by Gasteiger charge is 2.14. The molecule has 7 heteroatoms. The minimum Gasteiger partial charge on any atom is -0.355 e. The molecule has 1 amide bonds. The van der Waals surface area contributed by atoms with Crippen molar-refractivity contribution in [3.8, 4) is 0 Å². The van der Waals surface area contributed by atoms with Crippen molar-refractivity contribution in [2.75, 3.05) is 26.2 Å². The minimum atomic E-state index is -0.0854. The lowest BCUT2D eigenvalue weighted by atomic mass is 10.2. The summed E-state index contributed by atoms with van der Waals surface area (Å²) in [5.41, 5.74) is 0.920. The Labute approximate surface area is 151 Å². The number of likely N-dealkylation sites (tertiary alicyclic amines) is 1. The van der Waals surface area contributed by atoms with Crippen LogP contribution in [-0.2, 0) is 11.2 Å². The molecule has 0 unspecified atom stereocenters. The SMILES string of the molecule is Cc1sc2nc(CCNC(=O)CN3CCCCCC3)[nH]c(=O)c2c1C. The number of aromatic nitrogens is 2. The van der Waals surface area contributed by atoms with Crippen molar-refractivity contribution in [2.24, 2.45) is 0 Å². The lowest BCUT2D eigenvalue weighted by Crippen LogP contribution is -2.38. The van der Waals surface area contributed by atoms with Gasteiger partial charge in [0.25, 0.3) is 5.56 Å². The quantitative estimate of drug-likeness (QED) is 0.854. The van der Waals surface area contributed by atoms with Gasteiger partial charge in [-0.25, -0.2) is 4.98 Å². The van der Waals surface area contributed by atoms with Gasteiger partial charge in [-0.05, 0) is 45.3 Å². The molecule has 0 spiro atoms. The average Bonchev–Trinajstić information content (AvgIpc) is 2.74. The Morgan fingerprint density at radius 2 is 1.96 bits per heavy atom. The maximum absolute atomic E-state index is 12.2. The highest BCUT2D eigenvalue weighted by atomic mass is 32.1. The molecule has 6 nitrogen and oxygen atoms in total. The number of hydrogen-bond acceptors (Lipinski definition) is 5. The van der Waals surface area contributed by atoms with Crippen molar-refractivity contribution in [3.05, 3.63) is 26.6 Å². The molecule has 1 aliphatic heterocycles. The van der Waals surface area contributed by atoms with E-state index in [-0.39, 0.29) is 11.5 Å². The van der Waals surface area contributed by atoms with E-state index in [4.69, 9.17) is 0 Å². The Hall–Kier alpha value is -1.73. The summed E-state index contributed by atoms with van der Waals surface area (Å²) in [7, 11) is 0. The number of thiophene rings is 1. The largest absolute Gasteiger partial charge is 0.355 e. The third-order valence-corrected chi connectivity index (χ3v) is 5.94. The van der Waals surface area contributed by atoms with Crippen LogP contribution in [-0.4, -0.2) is 47.0 Å². The molecule has 0 radical (unpaired) electrons. The van der Waals surface area contributed by atoms with Gasteiger partial charge in [0, 0.05) is 17.8 Å². The van der Waals surface area contributed by atoms with Crippen LogP contribution in [0.1, 0.15) is 41.9 Å². The molecule has 2 N–H and O–H groups in total. The molecule has 0 aromatic carbocycles. The summed E-state index contributed by atoms with van der Waals surface area (Å²) in [5, 5.41) is 3.63. The predicted octanol–water partition coefficient (Wildman–Crippen LogP) is 2.14. The van der Waals surface area contributed by atoms with E-state index >= 15 is 0 Å². The van der Waals surface area contributed by atoms with E-state index < -0.39 is 0 Å². The first kappa shape index (κ1) is 18.1. The number of aromatic amines is 1. The van der Waals surface area contributed by atoms with Gasteiger partial charge in [-0.2, -0.15) is 0 Å². The molecule has 0 atom stereocenters. The molecule has 0 saturated carbocycles. The zero-order valence-corrected chi connectivity index (χ0v) is 15.8. The van der Waals surface area contributed by atoms with E-state index in [0.29, 0.717) is 30.7 Å². The van der Waals surface area contributed by atoms with E-state index in [0.717, 1.165) is 28.4 Å². The average molecular weight is 362 g/mol. The molecule has 1 saturated heterocycles. The lowest BCUT2D eigenvalue weighted by Gasteiger charge is -2.18. The Kier molecular flexibility index (Phi) is 5.86. The van der Waals surface area contributed by atoms with Crippen LogP contribution in [0.15, 0.2) is 4.79 Å². The second kappa shape index (κ2) is 8.10. The fourth-order valence-electron chi connectivity index (χ4n) is 3.29. The number of amides is 1. The number of aryl methyl sites for hydroxylation is 2. The molecule has 0 bridgehead atoms. The third-order valence-electron chi connectivity index (χ3n) is 4.84. The summed E-state index contributed by atoms with van der Waals surface area (Å²) < 4.78 is 0. The number of rotatable bonds is 5. The van der Waals surface area contributed by atoms with Gasteiger partial charge in [0.05, 0.1) is 11.9 Å². The fraction of sp³-hybridized carbons (Fsp3) is 0.611.